The van der Waals surface area contributed by atoms with Crippen LogP contribution < -0.4 is 14.4 Å². The lowest BCUT2D eigenvalue weighted by molar-refractivity contribution is -0.120. The summed E-state index contributed by atoms with van der Waals surface area (Å²) in [6.07, 6.45) is 0.534. The Morgan fingerprint density at radius 1 is 1.03 bits per heavy atom. The van der Waals surface area contributed by atoms with Gasteiger partial charge in [0.05, 0.1) is 16.6 Å². The third-order valence-electron chi connectivity index (χ3n) is 5.44. The lowest BCUT2D eigenvalue weighted by Crippen LogP contribution is -2.45. The summed E-state index contributed by atoms with van der Waals surface area (Å²) >= 11 is 0. The minimum atomic E-state index is -4.11. The fraction of sp³-hybridized carbons (Fsp3) is 0.240. The summed E-state index contributed by atoms with van der Waals surface area (Å²) < 4.78 is 47.2. The number of rotatable bonds is 6. The van der Waals surface area contributed by atoms with Gasteiger partial charge >= 0.3 is 0 Å². The van der Waals surface area contributed by atoms with Gasteiger partial charge in [-0.25, -0.2) is 12.8 Å². The zero-order valence-corrected chi connectivity index (χ0v) is 19.2. The van der Waals surface area contributed by atoms with Gasteiger partial charge in [0.15, 0.2) is 0 Å². The molecular formula is C25H25FN2O4S. The Labute approximate surface area is 193 Å². The number of carbonyl (C=O) groups is 1. The van der Waals surface area contributed by atoms with Gasteiger partial charge in [-0.1, -0.05) is 36.4 Å². The summed E-state index contributed by atoms with van der Waals surface area (Å²) in [5, 5.41) is 2.98. The van der Waals surface area contributed by atoms with Crippen molar-refractivity contribution >= 4 is 21.6 Å². The smallest absolute Gasteiger partial charge is 0.264 e. The molecule has 0 fully saturated rings. The topological polar surface area (TPSA) is 75.7 Å². The number of carbonyl (C=O) groups excluding carboxylic acids is 1. The number of nitrogens with one attached hydrogen (secondary N) is 1. The first kappa shape index (κ1) is 22.8. The highest BCUT2D eigenvalue weighted by molar-refractivity contribution is 7.92. The molecule has 33 heavy (non-hydrogen) atoms. The van der Waals surface area contributed by atoms with E-state index in [2.05, 4.69) is 5.32 Å². The van der Waals surface area contributed by atoms with E-state index >= 15 is 0 Å². The van der Waals surface area contributed by atoms with E-state index in [4.69, 9.17) is 4.74 Å². The van der Waals surface area contributed by atoms with E-state index < -0.39 is 33.9 Å². The van der Waals surface area contributed by atoms with Gasteiger partial charge in [-0.2, -0.15) is 0 Å². The van der Waals surface area contributed by atoms with Crippen LogP contribution in [0.5, 0.6) is 5.75 Å². The van der Waals surface area contributed by atoms with E-state index in [1.807, 2.05) is 38.1 Å². The van der Waals surface area contributed by atoms with E-state index in [1.165, 1.54) is 12.1 Å². The maximum absolute atomic E-state index is 13.4. The van der Waals surface area contributed by atoms with Crippen LogP contribution in [0.25, 0.3) is 0 Å². The number of para-hydroxylation sites is 2. The number of sulfonamides is 1. The standard InChI is InChI=1S/C25H25FN2O4S/c1-25(2)16-22(21-10-6-7-11-23(21)32-25)27-24(29)17-28(19-8-4-3-5-9-19)33(30,31)20-14-12-18(26)13-15-20/h3-15,22H,16-17H2,1-2H3,(H,27,29). The Hall–Kier alpha value is -3.39. The predicted molar refractivity (Wildman–Crippen MR) is 124 cm³/mol. The summed E-state index contributed by atoms with van der Waals surface area (Å²) in [6, 6.07) is 20.1. The van der Waals surface area contributed by atoms with Gasteiger partial charge in [0, 0.05) is 12.0 Å². The SMILES string of the molecule is CC1(C)CC(NC(=O)CN(c2ccccc2)S(=O)(=O)c2ccc(F)cc2)c2ccccc2O1. The first-order valence-corrected chi connectivity index (χ1v) is 12.0. The van der Waals surface area contributed by atoms with E-state index in [9.17, 15) is 17.6 Å². The van der Waals surface area contributed by atoms with Crippen molar-refractivity contribution in [3.8, 4) is 5.75 Å². The second-order valence-electron chi connectivity index (χ2n) is 8.52. The molecule has 1 aliphatic rings. The molecule has 1 aliphatic heterocycles. The molecule has 1 amide bonds. The van der Waals surface area contributed by atoms with Crippen LogP contribution in [0.2, 0.25) is 0 Å². The van der Waals surface area contributed by atoms with Crippen molar-refractivity contribution in [3.63, 3.8) is 0 Å². The van der Waals surface area contributed by atoms with Gasteiger partial charge in [0.2, 0.25) is 5.91 Å². The van der Waals surface area contributed by atoms with E-state index in [0.717, 1.165) is 22.0 Å². The van der Waals surface area contributed by atoms with Crippen molar-refractivity contribution in [2.45, 2.75) is 36.8 Å². The van der Waals surface area contributed by atoms with Crippen LogP contribution in [0.15, 0.2) is 83.8 Å². The Morgan fingerprint density at radius 3 is 2.36 bits per heavy atom. The first-order valence-electron chi connectivity index (χ1n) is 10.6. The van der Waals surface area contributed by atoms with Gasteiger partial charge in [0.25, 0.3) is 10.0 Å². The van der Waals surface area contributed by atoms with Crippen molar-refractivity contribution < 1.29 is 22.3 Å². The van der Waals surface area contributed by atoms with Gasteiger partial charge in [-0.05, 0) is 56.3 Å². The number of nitrogens with zero attached hydrogens (tertiary/aromatic N) is 1. The van der Waals surface area contributed by atoms with Crippen LogP contribution in [0.4, 0.5) is 10.1 Å². The first-order chi connectivity index (χ1) is 15.7. The Balaban J connectivity index is 1.62. The molecule has 1 N–H and O–H groups in total. The number of hydrogen-bond acceptors (Lipinski definition) is 4. The highest BCUT2D eigenvalue weighted by atomic mass is 32.2. The molecule has 0 aliphatic carbocycles. The third-order valence-corrected chi connectivity index (χ3v) is 7.23. The van der Waals surface area contributed by atoms with E-state index in [0.29, 0.717) is 17.9 Å². The molecular weight excluding hydrogens is 443 g/mol. The van der Waals surface area contributed by atoms with Gasteiger partial charge < -0.3 is 10.1 Å². The van der Waals surface area contributed by atoms with Crippen molar-refractivity contribution in [3.05, 3.63) is 90.2 Å². The highest BCUT2D eigenvalue weighted by Crippen LogP contribution is 2.39. The molecule has 0 spiro atoms. The normalized spacial score (nSPS) is 16.9. The summed E-state index contributed by atoms with van der Waals surface area (Å²) in [5.74, 6) is -0.307. The number of benzene rings is 3. The summed E-state index contributed by atoms with van der Waals surface area (Å²) in [4.78, 5) is 13.0. The zero-order chi connectivity index (χ0) is 23.6. The average molecular weight is 469 g/mol. The predicted octanol–water partition coefficient (Wildman–Crippen LogP) is 4.44. The number of hydrogen-bond donors (Lipinski definition) is 1. The molecule has 8 heteroatoms. The van der Waals surface area contributed by atoms with E-state index in [-0.39, 0.29) is 10.9 Å². The van der Waals surface area contributed by atoms with Gasteiger partial charge in [-0.3, -0.25) is 9.10 Å². The highest BCUT2D eigenvalue weighted by Gasteiger charge is 2.35. The van der Waals surface area contributed by atoms with Gasteiger partial charge in [-0.15, -0.1) is 0 Å². The maximum atomic E-state index is 13.4. The largest absolute Gasteiger partial charge is 0.487 e. The minimum Gasteiger partial charge on any atom is -0.487 e. The molecule has 0 saturated heterocycles. The Kier molecular flexibility index (Phi) is 6.12. The molecule has 3 aromatic rings. The monoisotopic (exact) mass is 468 g/mol. The fourth-order valence-electron chi connectivity index (χ4n) is 3.94. The van der Waals surface area contributed by atoms with Crippen molar-refractivity contribution in [2.24, 2.45) is 0 Å². The summed E-state index contributed by atoms with van der Waals surface area (Å²) in [5.41, 5.74) is 0.688. The summed E-state index contributed by atoms with van der Waals surface area (Å²) in [7, 11) is -4.11. The Bertz CT molecular complexity index is 1240. The number of ether oxygens (including phenoxy) is 1. The summed E-state index contributed by atoms with van der Waals surface area (Å²) in [6.45, 7) is 3.46. The molecule has 1 heterocycles. The van der Waals surface area contributed by atoms with Crippen LogP contribution in [0.3, 0.4) is 0 Å². The number of halogens is 1. The second kappa shape index (κ2) is 8.86. The van der Waals surface area contributed by atoms with Crippen LogP contribution in [0, 0.1) is 5.82 Å². The number of amides is 1. The second-order valence-corrected chi connectivity index (χ2v) is 10.4. The fourth-order valence-corrected chi connectivity index (χ4v) is 5.37. The van der Waals surface area contributed by atoms with Crippen molar-refractivity contribution in [2.75, 3.05) is 10.8 Å². The lowest BCUT2D eigenvalue weighted by atomic mass is 9.89. The molecule has 0 bridgehead atoms. The minimum absolute atomic E-state index is 0.0990. The molecule has 1 atom stereocenters. The van der Waals surface area contributed by atoms with Crippen LogP contribution >= 0.6 is 0 Å². The quantitative estimate of drug-likeness (QED) is 0.580. The third kappa shape index (κ3) is 5.01. The van der Waals surface area contributed by atoms with Crippen LogP contribution in [-0.4, -0.2) is 26.5 Å². The molecule has 172 valence electrons. The molecule has 4 rings (SSSR count). The lowest BCUT2D eigenvalue weighted by Gasteiger charge is -2.38. The molecule has 0 radical (unpaired) electrons. The molecule has 0 saturated carbocycles. The van der Waals surface area contributed by atoms with Crippen LogP contribution in [0.1, 0.15) is 31.9 Å². The Morgan fingerprint density at radius 2 is 1.67 bits per heavy atom. The van der Waals surface area contributed by atoms with Crippen LogP contribution in [-0.2, 0) is 14.8 Å². The van der Waals surface area contributed by atoms with Crippen molar-refractivity contribution in [1.29, 1.82) is 0 Å². The molecule has 6 nitrogen and oxygen atoms in total. The van der Waals surface area contributed by atoms with Crippen molar-refractivity contribution in [1.82, 2.24) is 5.32 Å². The van der Waals surface area contributed by atoms with Gasteiger partial charge in [0.1, 0.15) is 23.7 Å². The van der Waals surface area contributed by atoms with E-state index in [1.54, 1.807) is 30.3 Å². The zero-order valence-electron chi connectivity index (χ0n) is 18.4. The molecule has 1 unspecified atom stereocenters. The molecule has 0 aromatic heterocycles. The maximum Gasteiger partial charge on any atom is 0.264 e. The number of fused-ring (bicyclic) bond motifs is 1. The average Bonchev–Trinajstić information content (AvgIpc) is 2.77. The molecule has 3 aromatic carbocycles. The number of anilines is 1.